The summed E-state index contributed by atoms with van der Waals surface area (Å²) in [5.74, 6) is -0.237. The van der Waals surface area contributed by atoms with Gasteiger partial charge in [-0.3, -0.25) is 4.79 Å². The van der Waals surface area contributed by atoms with Gasteiger partial charge in [-0.05, 0) is 37.1 Å². The fourth-order valence-electron chi connectivity index (χ4n) is 1.65. The van der Waals surface area contributed by atoms with Gasteiger partial charge in [0.2, 0.25) is 0 Å². The van der Waals surface area contributed by atoms with Gasteiger partial charge in [0, 0.05) is 17.6 Å². The third-order valence-electron chi connectivity index (χ3n) is 2.75. The lowest BCUT2D eigenvalue weighted by molar-refractivity contribution is -0.118. The number of anilines is 1. The van der Waals surface area contributed by atoms with E-state index in [1.165, 1.54) is 5.56 Å². The summed E-state index contributed by atoms with van der Waals surface area (Å²) in [7, 11) is 0. The summed E-state index contributed by atoms with van der Waals surface area (Å²) in [4.78, 5) is 19.7. The Morgan fingerprint density at radius 2 is 2.00 bits per heavy atom. The van der Waals surface area contributed by atoms with Gasteiger partial charge < -0.3 is 10.1 Å². The normalized spacial score (nSPS) is 10.1. The van der Waals surface area contributed by atoms with Gasteiger partial charge in [-0.1, -0.05) is 19.1 Å². The van der Waals surface area contributed by atoms with Gasteiger partial charge in [-0.25, -0.2) is 9.97 Å². The molecule has 0 aliphatic carbocycles. The monoisotopic (exact) mass is 271 g/mol. The van der Waals surface area contributed by atoms with E-state index >= 15 is 0 Å². The molecule has 0 bridgehead atoms. The van der Waals surface area contributed by atoms with Crippen molar-refractivity contribution in [3.8, 4) is 6.01 Å². The number of carbonyl (C=O) groups excluding carboxylic acids is 1. The molecule has 5 nitrogen and oxygen atoms in total. The van der Waals surface area contributed by atoms with Crippen LogP contribution in [0.25, 0.3) is 0 Å². The molecule has 1 aromatic carbocycles. The van der Waals surface area contributed by atoms with Crippen molar-refractivity contribution < 1.29 is 9.53 Å². The first-order chi connectivity index (χ1) is 9.67. The van der Waals surface area contributed by atoms with E-state index in [1.807, 2.05) is 31.2 Å². The van der Waals surface area contributed by atoms with E-state index in [-0.39, 0.29) is 18.5 Å². The minimum Gasteiger partial charge on any atom is -0.453 e. The topological polar surface area (TPSA) is 64.1 Å². The number of hydrogen-bond acceptors (Lipinski definition) is 4. The Balaban J connectivity index is 1.85. The molecule has 1 aromatic heterocycles. The average molecular weight is 271 g/mol. The first-order valence-corrected chi connectivity index (χ1v) is 6.48. The first-order valence-electron chi connectivity index (χ1n) is 6.48. The van der Waals surface area contributed by atoms with Crippen LogP contribution in [-0.4, -0.2) is 22.5 Å². The number of hydrogen-bond donors (Lipinski definition) is 1. The van der Waals surface area contributed by atoms with Crippen molar-refractivity contribution in [2.75, 3.05) is 11.9 Å². The first kappa shape index (κ1) is 14.0. The zero-order valence-corrected chi connectivity index (χ0v) is 11.6. The van der Waals surface area contributed by atoms with Crippen molar-refractivity contribution in [3.63, 3.8) is 0 Å². The average Bonchev–Trinajstić information content (AvgIpc) is 2.46. The van der Waals surface area contributed by atoms with Crippen molar-refractivity contribution in [1.29, 1.82) is 0 Å². The molecule has 0 saturated carbocycles. The van der Waals surface area contributed by atoms with Gasteiger partial charge in [-0.2, -0.15) is 0 Å². The standard InChI is InChI=1S/C15H17N3O2/c1-3-12-4-6-13(7-5-12)18-14(19)10-20-15-16-9-8-11(2)17-15/h4-9H,3,10H2,1-2H3,(H,18,19). The maximum absolute atomic E-state index is 11.7. The minimum atomic E-state index is -0.237. The third kappa shape index (κ3) is 4.05. The van der Waals surface area contributed by atoms with Crippen LogP contribution < -0.4 is 10.1 Å². The SMILES string of the molecule is CCc1ccc(NC(=O)COc2nccc(C)n2)cc1. The molecule has 0 saturated heterocycles. The smallest absolute Gasteiger partial charge is 0.317 e. The summed E-state index contributed by atoms with van der Waals surface area (Å²) in [6, 6.07) is 9.70. The molecule has 1 N–H and O–H groups in total. The van der Waals surface area contributed by atoms with Crippen molar-refractivity contribution in [2.24, 2.45) is 0 Å². The number of aryl methyl sites for hydroxylation is 2. The highest BCUT2D eigenvalue weighted by Crippen LogP contribution is 2.10. The van der Waals surface area contributed by atoms with E-state index in [4.69, 9.17) is 4.74 Å². The van der Waals surface area contributed by atoms with Crippen LogP contribution >= 0.6 is 0 Å². The van der Waals surface area contributed by atoms with Gasteiger partial charge in [-0.15, -0.1) is 0 Å². The maximum Gasteiger partial charge on any atom is 0.317 e. The molecule has 1 heterocycles. The van der Waals surface area contributed by atoms with Crippen molar-refractivity contribution in [3.05, 3.63) is 47.8 Å². The molecule has 2 rings (SSSR count). The van der Waals surface area contributed by atoms with E-state index in [2.05, 4.69) is 22.2 Å². The summed E-state index contributed by atoms with van der Waals surface area (Å²) in [5.41, 5.74) is 2.78. The second-order valence-electron chi connectivity index (χ2n) is 4.37. The maximum atomic E-state index is 11.7. The molecular formula is C15H17N3O2. The number of nitrogens with one attached hydrogen (secondary N) is 1. The molecule has 0 aliphatic heterocycles. The predicted molar refractivity (Wildman–Crippen MR) is 76.7 cm³/mol. The zero-order valence-electron chi connectivity index (χ0n) is 11.6. The number of carbonyl (C=O) groups is 1. The summed E-state index contributed by atoms with van der Waals surface area (Å²) in [6.45, 7) is 3.81. The van der Waals surface area contributed by atoms with E-state index < -0.39 is 0 Å². The Morgan fingerprint density at radius 1 is 1.25 bits per heavy atom. The molecule has 0 radical (unpaired) electrons. The Hall–Kier alpha value is -2.43. The van der Waals surface area contributed by atoms with Crippen LogP contribution in [0.3, 0.4) is 0 Å². The second kappa shape index (κ2) is 6.65. The number of amides is 1. The van der Waals surface area contributed by atoms with Crippen molar-refractivity contribution in [1.82, 2.24) is 9.97 Å². The van der Waals surface area contributed by atoms with Gasteiger partial charge in [0.1, 0.15) is 0 Å². The molecule has 20 heavy (non-hydrogen) atoms. The van der Waals surface area contributed by atoms with E-state index in [0.717, 1.165) is 17.8 Å². The molecule has 0 atom stereocenters. The summed E-state index contributed by atoms with van der Waals surface area (Å²) in [5, 5.41) is 2.76. The number of benzene rings is 1. The van der Waals surface area contributed by atoms with Crippen LogP contribution in [0.2, 0.25) is 0 Å². The van der Waals surface area contributed by atoms with Crippen molar-refractivity contribution >= 4 is 11.6 Å². The number of rotatable bonds is 5. The largest absolute Gasteiger partial charge is 0.453 e. The summed E-state index contributed by atoms with van der Waals surface area (Å²) >= 11 is 0. The van der Waals surface area contributed by atoms with Crippen LogP contribution in [0, 0.1) is 6.92 Å². The van der Waals surface area contributed by atoms with Crippen LogP contribution in [0.1, 0.15) is 18.2 Å². The second-order valence-corrected chi connectivity index (χ2v) is 4.37. The number of aromatic nitrogens is 2. The molecule has 1 amide bonds. The fourth-order valence-corrected chi connectivity index (χ4v) is 1.65. The summed E-state index contributed by atoms with van der Waals surface area (Å²) < 4.78 is 5.23. The molecule has 0 spiro atoms. The molecule has 0 unspecified atom stereocenters. The Bertz CT molecular complexity index is 582. The van der Waals surface area contributed by atoms with Gasteiger partial charge in [0.05, 0.1) is 0 Å². The predicted octanol–water partition coefficient (Wildman–Crippen LogP) is 2.36. The molecular weight excluding hydrogens is 254 g/mol. The lowest BCUT2D eigenvalue weighted by Crippen LogP contribution is -2.20. The van der Waals surface area contributed by atoms with Crippen LogP contribution in [-0.2, 0) is 11.2 Å². The minimum absolute atomic E-state index is 0.112. The highest BCUT2D eigenvalue weighted by Gasteiger charge is 2.05. The molecule has 0 fully saturated rings. The lowest BCUT2D eigenvalue weighted by atomic mass is 10.1. The van der Waals surface area contributed by atoms with Crippen LogP contribution in [0.4, 0.5) is 5.69 Å². The van der Waals surface area contributed by atoms with Crippen molar-refractivity contribution in [2.45, 2.75) is 20.3 Å². The van der Waals surface area contributed by atoms with Gasteiger partial charge >= 0.3 is 6.01 Å². The highest BCUT2D eigenvalue weighted by molar-refractivity contribution is 5.91. The molecule has 0 aliphatic rings. The lowest BCUT2D eigenvalue weighted by Gasteiger charge is -2.07. The molecule has 5 heteroatoms. The zero-order chi connectivity index (χ0) is 14.4. The Labute approximate surface area is 118 Å². The quantitative estimate of drug-likeness (QED) is 0.906. The van der Waals surface area contributed by atoms with E-state index in [1.54, 1.807) is 12.3 Å². The van der Waals surface area contributed by atoms with Crippen LogP contribution in [0.5, 0.6) is 6.01 Å². The third-order valence-corrected chi connectivity index (χ3v) is 2.75. The van der Waals surface area contributed by atoms with E-state index in [0.29, 0.717) is 0 Å². The van der Waals surface area contributed by atoms with E-state index in [9.17, 15) is 4.79 Å². The molecule has 104 valence electrons. The van der Waals surface area contributed by atoms with Gasteiger partial charge in [0.15, 0.2) is 6.61 Å². The van der Waals surface area contributed by atoms with Crippen LogP contribution in [0.15, 0.2) is 36.5 Å². The highest BCUT2D eigenvalue weighted by atomic mass is 16.5. The number of ether oxygens (including phenoxy) is 1. The molecule has 2 aromatic rings. The Kier molecular flexibility index (Phi) is 4.65. The number of nitrogens with zero attached hydrogens (tertiary/aromatic N) is 2. The summed E-state index contributed by atoms with van der Waals surface area (Å²) in [6.07, 6.45) is 2.57. The van der Waals surface area contributed by atoms with Gasteiger partial charge in [0.25, 0.3) is 5.91 Å². The fraction of sp³-hybridized carbons (Fsp3) is 0.267. The Morgan fingerprint density at radius 3 is 2.65 bits per heavy atom.